The van der Waals surface area contributed by atoms with Crippen molar-refractivity contribution >= 4 is 5.82 Å². The lowest BCUT2D eigenvalue weighted by Gasteiger charge is -2.23. The van der Waals surface area contributed by atoms with Gasteiger partial charge >= 0.3 is 0 Å². The predicted octanol–water partition coefficient (Wildman–Crippen LogP) is 1.08. The molecule has 0 unspecified atom stereocenters. The molecular weight excluding hydrogens is 266 g/mol. The van der Waals surface area contributed by atoms with Crippen molar-refractivity contribution in [1.29, 1.82) is 0 Å². The molecule has 2 aromatic heterocycles. The van der Waals surface area contributed by atoms with E-state index < -0.39 is 0 Å². The molecule has 0 aliphatic carbocycles. The maximum absolute atomic E-state index is 11.7. The maximum atomic E-state index is 11.7. The van der Waals surface area contributed by atoms with E-state index in [1.54, 1.807) is 6.20 Å². The van der Waals surface area contributed by atoms with Crippen LogP contribution in [-0.2, 0) is 13.0 Å². The Balaban J connectivity index is 2.26. The van der Waals surface area contributed by atoms with E-state index in [-0.39, 0.29) is 5.56 Å². The van der Waals surface area contributed by atoms with Crippen LogP contribution in [0.5, 0.6) is 0 Å². The van der Waals surface area contributed by atoms with Crippen molar-refractivity contribution in [2.75, 3.05) is 18.0 Å². The average Bonchev–Trinajstić information content (AvgIpc) is 2.51. The molecule has 0 fully saturated rings. The molecule has 0 saturated heterocycles. The second-order valence-electron chi connectivity index (χ2n) is 4.83. The molecule has 2 aromatic rings. The van der Waals surface area contributed by atoms with E-state index in [1.165, 1.54) is 6.07 Å². The van der Waals surface area contributed by atoms with Gasteiger partial charge in [-0.05, 0) is 24.6 Å². The van der Waals surface area contributed by atoms with Crippen LogP contribution >= 0.6 is 0 Å². The Kier molecular flexibility index (Phi) is 5.45. The molecule has 0 spiro atoms. The van der Waals surface area contributed by atoms with Crippen molar-refractivity contribution in [2.45, 2.75) is 26.3 Å². The van der Waals surface area contributed by atoms with Gasteiger partial charge in [-0.15, -0.1) is 0 Å². The Morgan fingerprint density at radius 1 is 1.43 bits per heavy atom. The zero-order valence-corrected chi connectivity index (χ0v) is 12.2. The molecule has 3 N–H and O–H groups in total. The Morgan fingerprint density at radius 3 is 2.95 bits per heavy atom. The minimum atomic E-state index is -0.124. The molecule has 0 saturated carbocycles. The van der Waals surface area contributed by atoms with Crippen molar-refractivity contribution in [3.05, 3.63) is 52.3 Å². The van der Waals surface area contributed by atoms with Crippen LogP contribution in [0.1, 0.15) is 24.7 Å². The van der Waals surface area contributed by atoms with E-state index in [9.17, 15) is 4.79 Å². The van der Waals surface area contributed by atoms with Crippen LogP contribution in [0, 0.1) is 0 Å². The fourth-order valence-corrected chi connectivity index (χ4v) is 2.09. The van der Waals surface area contributed by atoms with E-state index in [4.69, 9.17) is 5.73 Å². The van der Waals surface area contributed by atoms with Gasteiger partial charge < -0.3 is 15.6 Å². The van der Waals surface area contributed by atoms with E-state index in [0.717, 1.165) is 18.5 Å². The quantitative estimate of drug-likeness (QED) is 0.795. The second-order valence-corrected chi connectivity index (χ2v) is 4.83. The number of H-pyrrole nitrogens is 1. The van der Waals surface area contributed by atoms with Crippen molar-refractivity contribution in [3.63, 3.8) is 0 Å². The molecular formula is C15H21N5O. The summed E-state index contributed by atoms with van der Waals surface area (Å²) in [5.41, 5.74) is 6.56. The van der Waals surface area contributed by atoms with E-state index in [0.29, 0.717) is 31.2 Å². The van der Waals surface area contributed by atoms with Gasteiger partial charge in [0.2, 0.25) is 0 Å². The highest BCUT2D eigenvalue weighted by Crippen LogP contribution is 2.13. The standard InChI is InChI=1S/C15H21N5O/c1-2-13-18-14(9-15(21)19-13)20(8-4-6-16)11-12-5-3-7-17-10-12/h3,5,7,9-10H,2,4,6,8,11,16H2,1H3,(H,18,19,21). The van der Waals surface area contributed by atoms with Crippen LogP contribution < -0.4 is 16.2 Å². The van der Waals surface area contributed by atoms with Crippen molar-refractivity contribution < 1.29 is 0 Å². The van der Waals surface area contributed by atoms with E-state index >= 15 is 0 Å². The zero-order chi connectivity index (χ0) is 15.1. The number of nitrogens with two attached hydrogens (primary N) is 1. The second kappa shape index (κ2) is 7.54. The molecule has 2 rings (SSSR count). The number of anilines is 1. The third kappa shape index (κ3) is 4.39. The van der Waals surface area contributed by atoms with Gasteiger partial charge in [0.1, 0.15) is 11.6 Å². The van der Waals surface area contributed by atoms with Gasteiger partial charge in [0.25, 0.3) is 5.56 Å². The third-order valence-corrected chi connectivity index (χ3v) is 3.16. The van der Waals surface area contributed by atoms with Crippen LogP contribution in [0.25, 0.3) is 0 Å². The van der Waals surface area contributed by atoms with Crippen LogP contribution in [0.15, 0.2) is 35.4 Å². The summed E-state index contributed by atoms with van der Waals surface area (Å²) in [6.07, 6.45) is 5.11. The lowest BCUT2D eigenvalue weighted by atomic mass is 10.2. The van der Waals surface area contributed by atoms with Gasteiger partial charge in [0.05, 0.1) is 0 Å². The molecule has 21 heavy (non-hydrogen) atoms. The van der Waals surface area contributed by atoms with Gasteiger partial charge in [0.15, 0.2) is 0 Å². The number of aryl methyl sites for hydroxylation is 1. The van der Waals surface area contributed by atoms with Crippen molar-refractivity contribution in [1.82, 2.24) is 15.0 Å². The summed E-state index contributed by atoms with van der Waals surface area (Å²) in [6.45, 7) is 3.99. The smallest absolute Gasteiger partial charge is 0.252 e. The molecule has 6 heteroatoms. The Hall–Kier alpha value is -2.21. The van der Waals surface area contributed by atoms with E-state index in [1.807, 2.05) is 25.3 Å². The minimum absolute atomic E-state index is 0.124. The highest BCUT2D eigenvalue weighted by atomic mass is 16.1. The molecule has 6 nitrogen and oxygen atoms in total. The molecule has 0 aromatic carbocycles. The van der Waals surface area contributed by atoms with Crippen LogP contribution in [0.3, 0.4) is 0 Å². The van der Waals surface area contributed by atoms with Gasteiger partial charge in [0, 0.05) is 38.0 Å². The summed E-state index contributed by atoms with van der Waals surface area (Å²) in [5.74, 6) is 1.38. The molecule has 112 valence electrons. The summed E-state index contributed by atoms with van der Waals surface area (Å²) in [5, 5.41) is 0. The minimum Gasteiger partial charge on any atom is -0.352 e. The first-order chi connectivity index (χ1) is 10.2. The maximum Gasteiger partial charge on any atom is 0.252 e. The molecule has 0 radical (unpaired) electrons. The van der Waals surface area contributed by atoms with Crippen LogP contribution in [-0.4, -0.2) is 28.0 Å². The fourth-order valence-electron chi connectivity index (χ4n) is 2.09. The third-order valence-electron chi connectivity index (χ3n) is 3.16. The van der Waals surface area contributed by atoms with E-state index in [2.05, 4.69) is 19.9 Å². The normalized spacial score (nSPS) is 10.6. The highest BCUT2D eigenvalue weighted by molar-refractivity contribution is 5.38. The zero-order valence-electron chi connectivity index (χ0n) is 12.2. The molecule has 0 amide bonds. The number of nitrogens with one attached hydrogen (secondary N) is 1. The van der Waals surface area contributed by atoms with Crippen LogP contribution in [0.4, 0.5) is 5.82 Å². The highest BCUT2D eigenvalue weighted by Gasteiger charge is 2.10. The molecule has 0 atom stereocenters. The Labute approximate surface area is 124 Å². The number of nitrogens with zero attached hydrogens (tertiary/aromatic N) is 3. The van der Waals surface area contributed by atoms with Crippen LogP contribution in [0.2, 0.25) is 0 Å². The summed E-state index contributed by atoms with van der Waals surface area (Å²) in [4.78, 5) is 25.2. The summed E-state index contributed by atoms with van der Waals surface area (Å²) in [6, 6.07) is 5.45. The number of hydrogen-bond donors (Lipinski definition) is 2. The lowest BCUT2D eigenvalue weighted by Crippen LogP contribution is -2.28. The number of rotatable bonds is 7. The largest absolute Gasteiger partial charge is 0.352 e. The first kappa shape index (κ1) is 15.2. The lowest BCUT2D eigenvalue weighted by molar-refractivity contribution is 0.717. The molecule has 2 heterocycles. The first-order valence-electron chi connectivity index (χ1n) is 7.17. The van der Waals surface area contributed by atoms with Gasteiger partial charge in [-0.2, -0.15) is 0 Å². The Morgan fingerprint density at radius 2 is 2.29 bits per heavy atom. The summed E-state index contributed by atoms with van der Waals surface area (Å²) < 4.78 is 0. The number of aromatic amines is 1. The first-order valence-corrected chi connectivity index (χ1v) is 7.17. The molecule has 0 aliphatic heterocycles. The van der Waals surface area contributed by atoms with Gasteiger partial charge in [-0.25, -0.2) is 4.98 Å². The number of hydrogen-bond acceptors (Lipinski definition) is 5. The summed E-state index contributed by atoms with van der Waals surface area (Å²) in [7, 11) is 0. The van der Waals surface area contributed by atoms with Crippen molar-refractivity contribution in [2.24, 2.45) is 5.73 Å². The molecule has 0 bridgehead atoms. The molecule has 0 aliphatic rings. The van der Waals surface area contributed by atoms with Crippen molar-refractivity contribution in [3.8, 4) is 0 Å². The SMILES string of the molecule is CCc1nc(N(CCCN)Cc2cccnc2)cc(=O)[nH]1. The number of aromatic nitrogens is 3. The average molecular weight is 287 g/mol. The topological polar surface area (TPSA) is 87.9 Å². The monoisotopic (exact) mass is 287 g/mol. The fraction of sp³-hybridized carbons (Fsp3) is 0.400. The van der Waals surface area contributed by atoms with Gasteiger partial charge in [-0.3, -0.25) is 9.78 Å². The van der Waals surface area contributed by atoms with Gasteiger partial charge in [-0.1, -0.05) is 13.0 Å². The summed E-state index contributed by atoms with van der Waals surface area (Å²) >= 11 is 0. The Bertz CT molecular complexity index is 611. The number of pyridine rings is 1. The predicted molar refractivity (Wildman–Crippen MR) is 83.2 cm³/mol.